The van der Waals surface area contributed by atoms with E-state index in [1.54, 1.807) is 24.3 Å². The third-order valence-electron chi connectivity index (χ3n) is 4.06. The molecule has 0 aliphatic heterocycles. The van der Waals surface area contributed by atoms with E-state index in [-0.39, 0.29) is 29.5 Å². The van der Waals surface area contributed by atoms with Crippen molar-refractivity contribution >= 4 is 15.9 Å². The highest BCUT2D eigenvalue weighted by Gasteiger charge is 2.22. The lowest BCUT2D eigenvalue weighted by atomic mass is 10.2. The van der Waals surface area contributed by atoms with Gasteiger partial charge >= 0.3 is 0 Å². The molecule has 3 rings (SSSR count). The third-order valence-corrected chi connectivity index (χ3v) is 5.86. The lowest BCUT2D eigenvalue weighted by Gasteiger charge is -2.17. The Labute approximate surface area is 158 Å². The van der Waals surface area contributed by atoms with Crippen molar-refractivity contribution in [1.82, 2.24) is 9.62 Å². The number of furan rings is 1. The van der Waals surface area contributed by atoms with E-state index in [0.717, 1.165) is 5.56 Å². The van der Waals surface area contributed by atoms with Gasteiger partial charge in [-0.3, -0.25) is 4.79 Å². The Kier molecular flexibility index (Phi) is 5.73. The van der Waals surface area contributed by atoms with Gasteiger partial charge in [-0.05, 0) is 35.9 Å². The molecule has 1 N–H and O–H groups in total. The van der Waals surface area contributed by atoms with E-state index >= 15 is 0 Å². The fourth-order valence-electron chi connectivity index (χ4n) is 2.59. The van der Waals surface area contributed by atoms with Crippen molar-refractivity contribution in [2.24, 2.45) is 0 Å². The lowest BCUT2D eigenvalue weighted by molar-refractivity contribution is 0.0948. The maximum Gasteiger partial charge on any atom is 0.251 e. The van der Waals surface area contributed by atoms with E-state index in [4.69, 9.17) is 4.42 Å². The summed E-state index contributed by atoms with van der Waals surface area (Å²) in [5.41, 5.74) is 1.16. The molecule has 2 aromatic carbocycles. The summed E-state index contributed by atoms with van der Waals surface area (Å²) < 4.78 is 32.1. The first-order valence-electron chi connectivity index (χ1n) is 8.38. The molecular formula is C20H20N2O4S. The van der Waals surface area contributed by atoms with E-state index in [9.17, 15) is 13.2 Å². The van der Waals surface area contributed by atoms with Crippen molar-refractivity contribution in [1.29, 1.82) is 0 Å². The van der Waals surface area contributed by atoms with Gasteiger partial charge in [-0.25, -0.2) is 8.42 Å². The van der Waals surface area contributed by atoms with Gasteiger partial charge in [0.2, 0.25) is 10.0 Å². The summed E-state index contributed by atoms with van der Waals surface area (Å²) in [6.45, 7) is 0.481. The summed E-state index contributed by atoms with van der Waals surface area (Å²) in [5, 5.41) is 2.71. The molecule has 6 nitrogen and oxygen atoms in total. The van der Waals surface area contributed by atoms with Crippen LogP contribution in [0, 0.1) is 0 Å². The number of carbonyl (C=O) groups is 1. The number of nitrogens with one attached hydrogen (secondary N) is 1. The highest BCUT2D eigenvalue weighted by atomic mass is 32.2. The Bertz CT molecular complexity index is 999. The van der Waals surface area contributed by atoms with E-state index in [1.165, 1.54) is 29.7 Å². The highest BCUT2D eigenvalue weighted by Crippen LogP contribution is 2.18. The van der Waals surface area contributed by atoms with Crippen LogP contribution in [-0.4, -0.2) is 25.7 Å². The summed E-state index contributed by atoms with van der Waals surface area (Å²) in [4.78, 5) is 12.4. The minimum absolute atomic E-state index is 0.0755. The first-order valence-corrected chi connectivity index (χ1v) is 9.82. The average molecular weight is 384 g/mol. The van der Waals surface area contributed by atoms with Crippen LogP contribution in [0.3, 0.4) is 0 Å². The number of benzene rings is 2. The maximum absolute atomic E-state index is 12.8. The molecular weight excluding hydrogens is 364 g/mol. The molecule has 0 unspecified atom stereocenters. The maximum atomic E-state index is 12.8. The zero-order chi connectivity index (χ0) is 19.3. The second-order valence-corrected chi connectivity index (χ2v) is 8.08. The Morgan fingerprint density at radius 1 is 1.04 bits per heavy atom. The largest absolute Gasteiger partial charge is 0.467 e. The predicted octanol–water partition coefficient (Wildman–Crippen LogP) is 3.03. The van der Waals surface area contributed by atoms with Crippen molar-refractivity contribution in [2.45, 2.75) is 18.0 Å². The second kappa shape index (κ2) is 8.20. The monoisotopic (exact) mass is 384 g/mol. The number of sulfonamides is 1. The topological polar surface area (TPSA) is 79.6 Å². The molecule has 140 valence electrons. The molecule has 27 heavy (non-hydrogen) atoms. The van der Waals surface area contributed by atoms with Crippen LogP contribution in [0.5, 0.6) is 0 Å². The molecule has 7 heteroatoms. The lowest BCUT2D eigenvalue weighted by Crippen LogP contribution is -2.27. The van der Waals surface area contributed by atoms with Crippen molar-refractivity contribution in [3.05, 3.63) is 89.9 Å². The predicted molar refractivity (Wildman–Crippen MR) is 101 cm³/mol. The Hall–Kier alpha value is -2.90. The van der Waals surface area contributed by atoms with Crippen LogP contribution in [0.25, 0.3) is 0 Å². The fourth-order valence-corrected chi connectivity index (χ4v) is 3.79. The zero-order valence-electron chi connectivity index (χ0n) is 14.8. The summed E-state index contributed by atoms with van der Waals surface area (Å²) in [7, 11) is -2.20. The first-order chi connectivity index (χ1) is 13.0. The molecule has 0 atom stereocenters. The normalized spacial score (nSPS) is 11.5. The third kappa shape index (κ3) is 4.64. The van der Waals surface area contributed by atoms with Gasteiger partial charge in [-0.1, -0.05) is 36.4 Å². The second-order valence-electron chi connectivity index (χ2n) is 6.04. The molecule has 0 saturated carbocycles. The molecule has 1 amide bonds. The van der Waals surface area contributed by atoms with Gasteiger partial charge in [0.1, 0.15) is 5.76 Å². The van der Waals surface area contributed by atoms with Gasteiger partial charge in [0.15, 0.2) is 0 Å². The SMILES string of the molecule is CN(Cc1ccccc1)S(=O)(=O)c1cccc(C(=O)NCc2ccco2)c1. The molecule has 0 bridgehead atoms. The molecule has 0 aliphatic carbocycles. The zero-order valence-corrected chi connectivity index (χ0v) is 15.6. The molecule has 0 aliphatic rings. The van der Waals surface area contributed by atoms with Crippen LogP contribution in [-0.2, 0) is 23.1 Å². The number of rotatable bonds is 7. The van der Waals surface area contributed by atoms with Crippen molar-refractivity contribution in [2.75, 3.05) is 7.05 Å². The summed E-state index contributed by atoms with van der Waals surface area (Å²) >= 11 is 0. The molecule has 0 saturated heterocycles. The summed E-state index contributed by atoms with van der Waals surface area (Å²) in [5.74, 6) is 0.254. The molecule has 3 aromatic rings. The molecule has 1 aromatic heterocycles. The average Bonchev–Trinajstić information content (AvgIpc) is 3.20. The van der Waals surface area contributed by atoms with E-state index in [1.807, 2.05) is 30.3 Å². The Morgan fingerprint density at radius 2 is 1.81 bits per heavy atom. The Morgan fingerprint density at radius 3 is 2.52 bits per heavy atom. The highest BCUT2D eigenvalue weighted by molar-refractivity contribution is 7.89. The van der Waals surface area contributed by atoms with E-state index in [2.05, 4.69) is 5.32 Å². The van der Waals surface area contributed by atoms with Gasteiger partial charge in [0.05, 0.1) is 17.7 Å². The number of amides is 1. The number of hydrogen-bond acceptors (Lipinski definition) is 4. The quantitative estimate of drug-likeness (QED) is 0.679. The number of carbonyl (C=O) groups excluding carboxylic acids is 1. The van der Waals surface area contributed by atoms with Gasteiger partial charge in [-0.15, -0.1) is 0 Å². The van der Waals surface area contributed by atoms with Crippen LogP contribution in [0.15, 0.2) is 82.3 Å². The van der Waals surface area contributed by atoms with E-state index in [0.29, 0.717) is 5.76 Å². The van der Waals surface area contributed by atoms with Crippen LogP contribution in [0.1, 0.15) is 21.7 Å². The molecule has 0 spiro atoms. The summed E-state index contributed by atoms with van der Waals surface area (Å²) in [6.07, 6.45) is 1.53. The molecule has 0 radical (unpaired) electrons. The van der Waals surface area contributed by atoms with Crippen LogP contribution >= 0.6 is 0 Å². The minimum atomic E-state index is -3.72. The first kappa shape index (κ1) is 18.9. The van der Waals surface area contributed by atoms with Crippen molar-refractivity contribution in [3.63, 3.8) is 0 Å². The fraction of sp³-hybridized carbons (Fsp3) is 0.150. The summed E-state index contributed by atoms with van der Waals surface area (Å²) in [6, 6.07) is 18.8. The van der Waals surface area contributed by atoms with Gasteiger partial charge in [0.25, 0.3) is 5.91 Å². The number of nitrogens with zero attached hydrogens (tertiary/aromatic N) is 1. The van der Waals surface area contributed by atoms with Gasteiger partial charge in [0, 0.05) is 19.2 Å². The van der Waals surface area contributed by atoms with Gasteiger partial charge in [-0.2, -0.15) is 4.31 Å². The standard InChI is InChI=1S/C20H20N2O4S/c1-22(15-16-7-3-2-4-8-16)27(24,25)19-11-5-9-17(13-19)20(23)21-14-18-10-6-12-26-18/h2-13H,14-15H2,1H3,(H,21,23). The van der Waals surface area contributed by atoms with Crippen LogP contribution in [0.2, 0.25) is 0 Å². The van der Waals surface area contributed by atoms with Crippen LogP contribution in [0.4, 0.5) is 0 Å². The molecule has 0 fully saturated rings. The van der Waals surface area contributed by atoms with Gasteiger partial charge < -0.3 is 9.73 Å². The molecule has 1 heterocycles. The Balaban J connectivity index is 1.74. The van der Waals surface area contributed by atoms with Crippen LogP contribution < -0.4 is 5.32 Å². The smallest absolute Gasteiger partial charge is 0.251 e. The van der Waals surface area contributed by atoms with Crippen molar-refractivity contribution < 1.29 is 17.6 Å². The van der Waals surface area contributed by atoms with Crippen molar-refractivity contribution in [3.8, 4) is 0 Å². The minimum Gasteiger partial charge on any atom is -0.467 e. The number of hydrogen-bond donors (Lipinski definition) is 1. The van der Waals surface area contributed by atoms with E-state index < -0.39 is 10.0 Å².